The van der Waals surface area contributed by atoms with E-state index in [0.29, 0.717) is 11.5 Å². The van der Waals surface area contributed by atoms with Gasteiger partial charge in [0.25, 0.3) is 5.91 Å². The number of amides is 1. The smallest absolute Gasteiger partial charge is 0.255 e. The van der Waals surface area contributed by atoms with Gasteiger partial charge in [0.05, 0.1) is 17.3 Å². The molecule has 0 radical (unpaired) electrons. The highest BCUT2D eigenvalue weighted by atomic mass is 16.1. The predicted octanol–water partition coefficient (Wildman–Crippen LogP) is 1.51. The van der Waals surface area contributed by atoms with Gasteiger partial charge in [-0.3, -0.25) is 9.48 Å². The maximum absolute atomic E-state index is 12.3. The summed E-state index contributed by atoms with van der Waals surface area (Å²) in [6.07, 6.45) is 7.48. The van der Waals surface area contributed by atoms with Gasteiger partial charge in [0.15, 0.2) is 0 Å². The molecule has 1 aliphatic rings. The molecular weight excluding hydrogens is 242 g/mol. The molecule has 1 fully saturated rings. The minimum Gasteiger partial charge on any atom is -0.347 e. The molecule has 1 amide bonds. The van der Waals surface area contributed by atoms with Crippen molar-refractivity contribution in [2.45, 2.75) is 31.7 Å². The Bertz CT molecular complexity index is 582. The van der Waals surface area contributed by atoms with Crippen LogP contribution < -0.4 is 5.32 Å². The van der Waals surface area contributed by atoms with Gasteiger partial charge in [0, 0.05) is 31.6 Å². The second kappa shape index (κ2) is 4.53. The van der Waals surface area contributed by atoms with Gasteiger partial charge in [-0.2, -0.15) is 5.10 Å². The van der Waals surface area contributed by atoms with Crippen LogP contribution in [0, 0.1) is 0 Å². The number of H-pyrrole nitrogens is 1. The second-order valence-electron chi connectivity index (χ2n) is 5.05. The number of hydrogen-bond acceptors (Lipinski definition) is 3. The van der Waals surface area contributed by atoms with Crippen LogP contribution in [0.5, 0.6) is 0 Å². The Morgan fingerprint density at radius 2 is 2.37 bits per heavy atom. The van der Waals surface area contributed by atoms with Crippen LogP contribution in [-0.2, 0) is 7.05 Å². The Kier molecular flexibility index (Phi) is 2.85. The molecule has 0 aliphatic heterocycles. The van der Waals surface area contributed by atoms with Gasteiger partial charge >= 0.3 is 0 Å². The van der Waals surface area contributed by atoms with Crippen LogP contribution >= 0.6 is 0 Å². The van der Waals surface area contributed by atoms with Crippen LogP contribution in [0.4, 0.5) is 0 Å². The van der Waals surface area contributed by atoms with Crippen molar-refractivity contribution >= 4 is 5.91 Å². The van der Waals surface area contributed by atoms with E-state index in [1.54, 1.807) is 23.3 Å². The summed E-state index contributed by atoms with van der Waals surface area (Å²) in [7, 11) is 1.85. The molecule has 6 heteroatoms. The topological polar surface area (TPSA) is 75.6 Å². The SMILES string of the molecule is C[C@@H](NC(=O)c1cn(C)nc1C1CC1)c1ncc[nH]1. The normalized spacial score (nSPS) is 16.3. The lowest BCUT2D eigenvalue weighted by atomic mass is 10.1. The molecule has 1 atom stereocenters. The third-order valence-electron chi connectivity index (χ3n) is 3.34. The van der Waals surface area contributed by atoms with E-state index in [0.717, 1.165) is 24.4 Å². The van der Waals surface area contributed by atoms with E-state index in [9.17, 15) is 4.79 Å². The van der Waals surface area contributed by atoms with E-state index in [4.69, 9.17) is 0 Å². The quantitative estimate of drug-likeness (QED) is 0.874. The number of aromatic nitrogens is 4. The highest BCUT2D eigenvalue weighted by Crippen LogP contribution is 2.40. The molecular formula is C13H17N5O. The Balaban J connectivity index is 1.77. The second-order valence-corrected chi connectivity index (χ2v) is 5.05. The number of nitrogens with one attached hydrogen (secondary N) is 2. The summed E-state index contributed by atoms with van der Waals surface area (Å²) < 4.78 is 1.71. The van der Waals surface area contributed by atoms with Crippen molar-refractivity contribution in [2.75, 3.05) is 0 Å². The van der Waals surface area contributed by atoms with Crippen molar-refractivity contribution in [3.05, 3.63) is 35.7 Å². The van der Waals surface area contributed by atoms with Gasteiger partial charge in [0.2, 0.25) is 0 Å². The summed E-state index contributed by atoms with van der Waals surface area (Å²) in [6, 6.07) is -0.144. The van der Waals surface area contributed by atoms with E-state index in [1.807, 2.05) is 14.0 Å². The van der Waals surface area contributed by atoms with Crippen molar-refractivity contribution in [3.63, 3.8) is 0 Å². The lowest BCUT2D eigenvalue weighted by Crippen LogP contribution is -2.27. The molecule has 0 bridgehead atoms. The number of imidazole rings is 1. The van der Waals surface area contributed by atoms with Gasteiger partial charge < -0.3 is 10.3 Å². The van der Waals surface area contributed by atoms with Gasteiger partial charge in [0.1, 0.15) is 5.82 Å². The molecule has 0 saturated heterocycles. The number of rotatable bonds is 4. The van der Waals surface area contributed by atoms with Crippen LogP contribution in [0.1, 0.15) is 53.6 Å². The lowest BCUT2D eigenvalue weighted by Gasteiger charge is -2.11. The summed E-state index contributed by atoms with van der Waals surface area (Å²) >= 11 is 0. The van der Waals surface area contributed by atoms with Gasteiger partial charge in [-0.15, -0.1) is 0 Å². The summed E-state index contributed by atoms with van der Waals surface area (Å²) in [4.78, 5) is 19.5. The minimum atomic E-state index is -0.144. The molecule has 6 nitrogen and oxygen atoms in total. The number of carbonyl (C=O) groups is 1. The first-order chi connectivity index (χ1) is 9.15. The van der Waals surface area contributed by atoms with E-state index < -0.39 is 0 Å². The molecule has 1 aliphatic carbocycles. The first-order valence-electron chi connectivity index (χ1n) is 6.49. The number of aromatic amines is 1. The first kappa shape index (κ1) is 12.0. The highest BCUT2D eigenvalue weighted by Gasteiger charge is 2.31. The third kappa shape index (κ3) is 2.38. The number of carbonyl (C=O) groups excluding carboxylic acids is 1. The average Bonchev–Trinajstić information content (AvgIpc) is 2.91. The van der Waals surface area contributed by atoms with Crippen molar-refractivity contribution in [2.24, 2.45) is 7.05 Å². The van der Waals surface area contributed by atoms with E-state index >= 15 is 0 Å². The minimum absolute atomic E-state index is 0.0844. The monoisotopic (exact) mass is 259 g/mol. The third-order valence-corrected chi connectivity index (χ3v) is 3.34. The number of hydrogen-bond donors (Lipinski definition) is 2. The average molecular weight is 259 g/mol. The number of aryl methyl sites for hydroxylation is 1. The number of nitrogens with zero attached hydrogens (tertiary/aromatic N) is 3. The van der Waals surface area contributed by atoms with Gasteiger partial charge in [-0.1, -0.05) is 0 Å². The fourth-order valence-corrected chi connectivity index (χ4v) is 2.20. The van der Waals surface area contributed by atoms with E-state index in [1.165, 1.54) is 0 Å². The molecule has 0 spiro atoms. The van der Waals surface area contributed by atoms with Crippen molar-refractivity contribution < 1.29 is 4.79 Å². The Morgan fingerprint density at radius 3 is 3.00 bits per heavy atom. The largest absolute Gasteiger partial charge is 0.347 e. The fraction of sp³-hybridized carbons (Fsp3) is 0.462. The molecule has 2 aromatic heterocycles. The van der Waals surface area contributed by atoms with Crippen LogP contribution in [0.15, 0.2) is 18.6 Å². The molecule has 2 aromatic rings. The van der Waals surface area contributed by atoms with Crippen LogP contribution in [0.2, 0.25) is 0 Å². The summed E-state index contributed by atoms with van der Waals surface area (Å²) in [5.74, 6) is 1.13. The molecule has 1 saturated carbocycles. The molecule has 2 heterocycles. The molecule has 0 unspecified atom stereocenters. The highest BCUT2D eigenvalue weighted by molar-refractivity contribution is 5.95. The molecule has 3 rings (SSSR count). The summed E-state index contributed by atoms with van der Waals surface area (Å²) in [6.45, 7) is 1.91. The van der Waals surface area contributed by atoms with Crippen LogP contribution in [0.25, 0.3) is 0 Å². The lowest BCUT2D eigenvalue weighted by molar-refractivity contribution is 0.0937. The standard InChI is InChI=1S/C13H17N5O/c1-8(12-14-5-6-15-12)16-13(19)10-7-18(2)17-11(10)9-3-4-9/h5-9H,3-4H2,1-2H3,(H,14,15)(H,16,19)/t8-/m1/s1. The molecule has 2 N–H and O–H groups in total. The summed E-state index contributed by atoms with van der Waals surface area (Å²) in [5, 5.41) is 7.35. The van der Waals surface area contributed by atoms with Crippen LogP contribution in [0.3, 0.4) is 0 Å². The van der Waals surface area contributed by atoms with E-state index in [2.05, 4.69) is 20.4 Å². The maximum Gasteiger partial charge on any atom is 0.255 e. The predicted molar refractivity (Wildman–Crippen MR) is 69.7 cm³/mol. The molecule has 19 heavy (non-hydrogen) atoms. The molecule has 100 valence electrons. The zero-order valence-corrected chi connectivity index (χ0v) is 11.1. The first-order valence-corrected chi connectivity index (χ1v) is 6.49. The van der Waals surface area contributed by atoms with E-state index in [-0.39, 0.29) is 11.9 Å². The summed E-state index contributed by atoms with van der Waals surface area (Å²) in [5.41, 5.74) is 1.61. The Morgan fingerprint density at radius 1 is 1.58 bits per heavy atom. The van der Waals surface area contributed by atoms with Gasteiger partial charge in [-0.25, -0.2) is 4.98 Å². The maximum atomic E-state index is 12.3. The van der Waals surface area contributed by atoms with Crippen molar-refractivity contribution in [1.82, 2.24) is 25.1 Å². The van der Waals surface area contributed by atoms with Crippen LogP contribution in [-0.4, -0.2) is 25.7 Å². The fourth-order valence-electron chi connectivity index (χ4n) is 2.20. The Hall–Kier alpha value is -2.11. The van der Waals surface area contributed by atoms with Crippen molar-refractivity contribution in [1.29, 1.82) is 0 Å². The zero-order chi connectivity index (χ0) is 13.4. The van der Waals surface area contributed by atoms with Gasteiger partial charge in [-0.05, 0) is 19.8 Å². The molecule has 0 aromatic carbocycles. The Labute approximate surface area is 111 Å². The van der Waals surface area contributed by atoms with Crippen molar-refractivity contribution in [3.8, 4) is 0 Å². The zero-order valence-electron chi connectivity index (χ0n) is 11.1.